The largest absolute Gasteiger partial charge is 0.484 e. The van der Waals surface area contributed by atoms with E-state index in [1.807, 2.05) is 12.1 Å². The number of nitrogens with zero attached hydrogens (tertiary/aromatic N) is 2. The molecule has 57 heavy (non-hydrogen) atoms. The lowest BCUT2D eigenvalue weighted by Gasteiger charge is -2.36. The van der Waals surface area contributed by atoms with Gasteiger partial charge < -0.3 is 34.8 Å². The van der Waals surface area contributed by atoms with Gasteiger partial charge in [0.25, 0.3) is 0 Å². The number of ether oxygens (including phenoxy) is 3. The molecule has 14 nitrogen and oxygen atoms in total. The van der Waals surface area contributed by atoms with Crippen LogP contribution in [-0.2, 0) is 35.5 Å². The average Bonchev–Trinajstić information content (AvgIpc) is 3.16. The predicted molar refractivity (Wildman–Crippen MR) is 202 cm³/mol. The summed E-state index contributed by atoms with van der Waals surface area (Å²) in [5.41, 5.74) is 1.10. The van der Waals surface area contributed by atoms with Gasteiger partial charge in [0.15, 0.2) is 6.61 Å². The van der Waals surface area contributed by atoms with Crippen molar-refractivity contribution in [1.29, 1.82) is 0 Å². The molecular formula is C39H49F3N2O12S. The Hall–Kier alpha value is -5.04. The van der Waals surface area contributed by atoms with Crippen LogP contribution in [0.3, 0.4) is 0 Å². The lowest BCUT2D eigenvalue weighted by atomic mass is 9.96. The summed E-state index contributed by atoms with van der Waals surface area (Å²) >= 11 is 0. The fraction of sp³-hybridized carbons (Fsp3) is 0.436. The third-order valence-electron chi connectivity index (χ3n) is 8.78. The average molecular weight is 827 g/mol. The molecule has 0 aromatic heterocycles. The zero-order valence-corrected chi connectivity index (χ0v) is 32.6. The van der Waals surface area contributed by atoms with Crippen LogP contribution in [0.5, 0.6) is 5.75 Å². The van der Waals surface area contributed by atoms with Crippen LogP contribution in [-0.4, -0.2) is 121 Å². The number of carbonyl (C=O) groups is 4. The van der Waals surface area contributed by atoms with Crippen molar-refractivity contribution in [3.8, 4) is 5.75 Å². The molecule has 3 atom stereocenters. The van der Waals surface area contributed by atoms with E-state index < -0.39 is 58.9 Å². The minimum atomic E-state index is -4.34. The smallest absolute Gasteiger partial charge is 0.422 e. The third-order valence-corrected chi connectivity index (χ3v) is 10.1. The molecule has 1 unspecified atom stereocenters. The maximum absolute atomic E-state index is 12.3. The predicted octanol–water partition coefficient (Wildman–Crippen LogP) is 4.72. The Bertz CT molecular complexity index is 1750. The highest BCUT2D eigenvalue weighted by Crippen LogP contribution is 2.23. The summed E-state index contributed by atoms with van der Waals surface area (Å²) in [4.78, 5) is 49.3. The number of halogens is 3. The second-order valence-electron chi connectivity index (χ2n) is 13.3. The van der Waals surface area contributed by atoms with E-state index in [9.17, 15) is 51.0 Å². The van der Waals surface area contributed by atoms with Crippen molar-refractivity contribution in [2.24, 2.45) is 5.92 Å². The van der Waals surface area contributed by atoms with E-state index in [1.165, 1.54) is 54.8 Å². The molecule has 18 heteroatoms. The van der Waals surface area contributed by atoms with Crippen LogP contribution in [0.15, 0.2) is 84.9 Å². The number of carbonyl (C=O) groups excluding carboxylic acids is 2. The van der Waals surface area contributed by atoms with Gasteiger partial charge in [-0.3, -0.25) is 0 Å². The number of hydrogen-bond donors (Lipinski definition) is 2. The molecule has 0 radical (unpaired) electrons. The maximum atomic E-state index is 12.3. The number of rotatable bonds is 17. The van der Waals surface area contributed by atoms with Gasteiger partial charge in [-0.15, -0.1) is 0 Å². The van der Waals surface area contributed by atoms with Crippen molar-refractivity contribution >= 4 is 33.9 Å². The number of sulfonamides is 1. The molecule has 4 N–H and O–H groups in total. The summed E-state index contributed by atoms with van der Waals surface area (Å²) in [5.74, 6) is -4.95. The summed E-state index contributed by atoms with van der Waals surface area (Å²) in [6.07, 6.45) is -3.96. The fourth-order valence-electron chi connectivity index (χ4n) is 5.89. The summed E-state index contributed by atoms with van der Waals surface area (Å²) in [6, 6.07) is 21.9. The van der Waals surface area contributed by atoms with Crippen LogP contribution < -0.4 is 4.74 Å². The second kappa shape index (κ2) is 22.6. The van der Waals surface area contributed by atoms with E-state index in [0.717, 1.165) is 44.3 Å². The van der Waals surface area contributed by atoms with Crippen molar-refractivity contribution in [2.75, 3.05) is 39.0 Å². The number of piperidine rings is 1. The Balaban J connectivity index is 0.000000390. The van der Waals surface area contributed by atoms with Gasteiger partial charge in [-0.2, -0.15) is 13.2 Å². The summed E-state index contributed by atoms with van der Waals surface area (Å²) in [6.45, 7) is 6.06. The van der Waals surface area contributed by atoms with Crippen LogP contribution in [0.2, 0.25) is 0 Å². The zero-order chi connectivity index (χ0) is 41.5. The van der Waals surface area contributed by atoms with Crippen LogP contribution >= 0.6 is 0 Å². The van der Waals surface area contributed by atoms with Gasteiger partial charge in [-0.25, -0.2) is 31.9 Å². The molecule has 3 aromatic rings. The molecule has 4 rings (SSSR count). The normalized spacial score (nSPS) is 15.1. The number of aliphatic carboxylic acids is 2. The molecule has 0 bridgehead atoms. The summed E-state index contributed by atoms with van der Waals surface area (Å²) in [5, 5.41) is 18.5. The molecule has 0 amide bonds. The van der Waals surface area contributed by atoms with Gasteiger partial charge in [0.2, 0.25) is 22.2 Å². The number of carboxylic acid groups (broad SMARTS) is 2. The third kappa shape index (κ3) is 16.5. The number of alkyl halides is 3. The van der Waals surface area contributed by atoms with Gasteiger partial charge in [-0.1, -0.05) is 55.5 Å². The van der Waals surface area contributed by atoms with Crippen LogP contribution in [0.4, 0.5) is 13.2 Å². The van der Waals surface area contributed by atoms with E-state index in [1.54, 1.807) is 28.6 Å². The Morgan fingerprint density at radius 1 is 0.825 bits per heavy atom. The quantitative estimate of drug-likeness (QED) is 0.177. The van der Waals surface area contributed by atoms with Crippen molar-refractivity contribution in [2.45, 2.75) is 64.0 Å². The highest BCUT2D eigenvalue weighted by Gasteiger charge is 2.41. The first-order chi connectivity index (χ1) is 26.4. The van der Waals surface area contributed by atoms with Gasteiger partial charge >= 0.3 is 30.1 Å². The van der Waals surface area contributed by atoms with Crippen molar-refractivity contribution in [3.05, 3.63) is 102 Å². The maximum Gasteiger partial charge on any atom is 0.422 e. The van der Waals surface area contributed by atoms with E-state index in [0.29, 0.717) is 19.0 Å². The van der Waals surface area contributed by atoms with Crippen LogP contribution in [0.25, 0.3) is 0 Å². The van der Waals surface area contributed by atoms with Gasteiger partial charge in [0.1, 0.15) is 5.75 Å². The molecule has 0 spiro atoms. The monoisotopic (exact) mass is 826 g/mol. The minimum absolute atomic E-state index is 0. The molecule has 3 aromatic carbocycles. The van der Waals surface area contributed by atoms with E-state index in [-0.39, 0.29) is 28.4 Å². The fourth-order valence-corrected chi connectivity index (χ4v) is 6.76. The SMILES string of the molecule is CCCN(CC1CCN(S(C)(=O)=O)CC1)C(C)Cc1ccc(OCC(F)(F)F)cc1.O.O=C(O[C@@H](C(=O)O)[C@@H](OC(=O)c1ccccc1)C(=O)O)c1ccccc1. The lowest BCUT2D eigenvalue weighted by molar-refractivity contribution is -0.166. The zero-order valence-electron chi connectivity index (χ0n) is 31.8. The first-order valence-electron chi connectivity index (χ1n) is 17.8. The molecule has 1 aliphatic heterocycles. The van der Waals surface area contributed by atoms with Gasteiger partial charge in [-0.05, 0) is 87.0 Å². The number of esters is 2. The van der Waals surface area contributed by atoms with E-state index in [4.69, 9.17) is 14.2 Å². The molecule has 0 saturated carbocycles. The first-order valence-corrected chi connectivity index (χ1v) is 19.7. The minimum Gasteiger partial charge on any atom is -0.484 e. The summed E-state index contributed by atoms with van der Waals surface area (Å²) in [7, 11) is -3.11. The molecule has 1 heterocycles. The Morgan fingerprint density at radius 2 is 1.28 bits per heavy atom. The van der Waals surface area contributed by atoms with Gasteiger partial charge in [0, 0.05) is 25.7 Å². The van der Waals surface area contributed by atoms with Crippen molar-refractivity contribution in [1.82, 2.24) is 9.21 Å². The first kappa shape index (κ1) is 48.1. The molecular weight excluding hydrogens is 777 g/mol. The molecule has 1 saturated heterocycles. The standard InChI is InChI=1S/C21H33F3N2O3S.C18H14O8.H2O/c1-4-11-25(15-19-9-12-26(13-10-19)30(3,27)28)17(2)14-18-5-7-20(8-6-18)29-16-21(22,23)24;19-15(20)13(25-17(23)11-7-3-1-4-8-11)14(16(21)22)26-18(24)12-9-5-2-6-10-12;/h5-8,17,19H,4,9-16H2,1-3H3;1-10,13-14H,(H,19,20)(H,21,22);1H2/t;13-,14-;/m.1./s1. The highest BCUT2D eigenvalue weighted by molar-refractivity contribution is 7.88. The van der Waals surface area contributed by atoms with Gasteiger partial charge in [0.05, 0.1) is 17.4 Å². The Morgan fingerprint density at radius 3 is 1.67 bits per heavy atom. The molecule has 1 fully saturated rings. The lowest BCUT2D eigenvalue weighted by Crippen LogP contribution is -2.45. The van der Waals surface area contributed by atoms with E-state index >= 15 is 0 Å². The highest BCUT2D eigenvalue weighted by atomic mass is 32.2. The molecule has 1 aliphatic rings. The second-order valence-corrected chi connectivity index (χ2v) is 15.2. The number of hydrogen-bond acceptors (Lipinski definition) is 10. The Kier molecular flexibility index (Phi) is 19.1. The van der Waals surface area contributed by atoms with E-state index in [2.05, 4.69) is 18.7 Å². The molecule has 314 valence electrons. The van der Waals surface area contributed by atoms with Crippen molar-refractivity contribution in [3.63, 3.8) is 0 Å². The van der Waals surface area contributed by atoms with Crippen LogP contribution in [0, 0.1) is 5.92 Å². The number of benzene rings is 3. The van der Waals surface area contributed by atoms with Crippen molar-refractivity contribution < 1.29 is 70.7 Å². The Labute approximate surface area is 329 Å². The van der Waals surface area contributed by atoms with Crippen LogP contribution in [0.1, 0.15) is 59.4 Å². The number of carboxylic acids is 2. The topological polar surface area (TPSA) is 209 Å². The summed E-state index contributed by atoms with van der Waals surface area (Å²) < 4.78 is 76.0. The molecule has 0 aliphatic carbocycles.